The monoisotopic (exact) mass is 243 g/mol. The number of benzene rings is 1. The predicted molar refractivity (Wildman–Crippen MR) is 70.9 cm³/mol. The van der Waals surface area contributed by atoms with E-state index in [1.165, 1.54) is 0 Å². The van der Waals surface area contributed by atoms with Gasteiger partial charge >= 0.3 is 0 Å². The minimum atomic E-state index is 0.0769. The Bertz CT molecular complexity index is 624. The van der Waals surface area contributed by atoms with Crippen LogP contribution in [0.2, 0.25) is 0 Å². The van der Waals surface area contributed by atoms with E-state index in [0.29, 0.717) is 0 Å². The zero-order valence-corrected chi connectivity index (χ0v) is 11.4. The van der Waals surface area contributed by atoms with E-state index in [9.17, 15) is 4.79 Å². The second-order valence-corrected chi connectivity index (χ2v) is 4.75. The summed E-state index contributed by atoms with van der Waals surface area (Å²) in [5.74, 6) is 0.807. The third-order valence-electron chi connectivity index (χ3n) is 3.36. The molecule has 0 N–H and O–H groups in total. The third kappa shape index (κ3) is 1.96. The highest BCUT2D eigenvalue weighted by Gasteiger charge is 2.17. The largest absolute Gasteiger partial charge is 0.356 e. The molecule has 0 aliphatic heterocycles. The summed E-state index contributed by atoms with van der Waals surface area (Å²) in [7, 11) is 0. The number of aromatic nitrogens is 1. The number of rotatable bonds is 2. The Morgan fingerprint density at radius 3 is 2.28 bits per heavy atom. The van der Waals surface area contributed by atoms with Crippen LogP contribution in [0.25, 0.3) is 11.3 Å². The van der Waals surface area contributed by atoms with E-state index >= 15 is 0 Å². The van der Waals surface area contributed by atoms with Crippen molar-refractivity contribution in [2.45, 2.75) is 34.6 Å². The van der Waals surface area contributed by atoms with Gasteiger partial charge in [0.15, 0.2) is 11.5 Å². The van der Waals surface area contributed by atoms with Crippen molar-refractivity contribution in [3.63, 3.8) is 0 Å². The fourth-order valence-electron chi connectivity index (χ4n) is 2.26. The molecule has 18 heavy (non-hydrogen) atoms. The Balaban J connectivity index is 2.77. The average molecular weight is 243 g/mol. The minimum absolute atomic E-state index is 0.0769. The van der Waals surface area contributed by atoms with Crippen LogP contribution in [0.5, 0.6) is 0 Å². The summed E-state index contributed by atoms with van der Waals surface area (Å²) in [5.41, 5.74) is 5.77. The zero-order chi connectivity index (χ0) is 13.4. The fraction of sp³-hybridized carbons (Fsp3) is 0.333. The maximum absolute atomic E-state index is 11.7. The van der Waals surface area contributed by atoms with Crippen LogP contribution in [-0.4, -0.2) is 10.9 Å². The topological polar surface area (TPSA) is 43.1 Å². The Hall–Kier alpha value is -1.90. The van der Waals surface area contributed by atoms with Crippen LogP contribution >= 0.6 is 0 Å². The third-order valence-corrected chi connectivity index (χ3v) is 3.36. The first-order valence-corrected chi connectivity index (χ1v) is 5.97. The van der Waals surface area contributed by atoms with Crippen molar-refractivity contribution in [3.05, 3.63) is 40.1 Å². The molecule has 1 aromatic carbocycles. The number of aryl methyl sites for hydroxylation is 2. The molecular weight excluding hydrogens is 226 g/mol. The number of carbonyl (C=O) groups excluding carboxylic acids is 1. The van der Waals surface area contributed by atoms with E-state index in [4.69, 9.17) is 4.52 Å². The van der Waals surface area contributed by atoms with Crippen LogP contribution < -0.4 is 0 Å². The van der Waals surface area contributed by atoms with Crippen molar-refractivity contribution in [1.29, 1.82) is 0 Å². The van der Waals surface area contributed by atoms with Gasteiger partial charge in [-0.3, -0.25) is 4.79 Å². The van der Waals surface area contributed by atoms with Crippen molar-refractivity contribution >= 4 is 5.78 Å². The van der Waals surface area contributed by atoms with Gasteiger partial charge in [-0.25, -0.2) is 0 Å². The highest BCUT2D eigenvalue weighted by Crippen LogP contribution is 2.32. The molecule has 0 radical (unpaired) electrons. The van der Waals surface area contributed by atoms with Crippen molar-refractivity contribution in [3.8, 4) is 11.3 Å². The van der Waals surface area contributed by atoms with Crippen LogP contribution in [0, 0.1) is 27.7 Å². The first kappa shape index (κ1) is 12.6. The quantitative estimate of drug-likeness (QED) is 0.754. The van der Waals surface area contributed by atoms with E-state index in [0.717, 1.165) is 39.3 Å². The highest BCUT2D eigenvalue weighted by molar-refractivity contribution is 5.98. The predicted octanol–water partition coefficient (Wildman–Crippen LogP) is 3.78. The smallest absolute Gasteiger partial charge is 0.167 e. The van der Waals surface area contributed by atoms with Gasteiger partial charge in [0.2, 0.25) is 0 Å². The molecule has 3 nitrogen and oxygen atoms in total. The Morgan fingerprint density at radius 1 is 1.11 bits per heavy atom. The van der Waals surface area contributed by atoms with Crippen molar-refractivity contribution in [1.82, 2.24) is 5.16 Å². The number of Topliss-reactive ketones (excluding diaryl/α,β-unsaturated/α-hetero) is 1. The Morgan fingerprint density at radius 2 is 1.78 bits per heavy atom. The van der Waals surface area contributed by atoms with Crippen LogP contribution in [0.1, 0.15) is 39.7 Å². The van der Waals surface area contributed by atoms with Crippen molar-refractivity contribution in [2.24, 2.45) is 0 Å². The lowest BCUT2D eigenvalue weighted by molar-refractivity contribution is 0.101. The molecule has 0 saturated carbocycles. The van der Waals surface area contributed by atoms with Gasteiger partial charge in [0.1, 0.15) is 0 Å². The molecule has 0 saturated heterocycles. The van der Waals surface area contributed by atoms with Gasteiger partial charge in [0.25, 0.3) is 0 Å². The highest BCUT2D eigenvalue weighted by atomic mass is 16.5. The summed E-state index contributed by atoms with van der Waals surface area (Å²) < 4.78 is 5.34. The molecule has 0 spiro atoms. The molecule has 0 bridgehead atoms. The Labute approximate surface area is 107 Å². The van der Waals surface area contributed by atoms with Crippen LogP contribution in [0.15, 0.2) is 16.7 Å². The molecule has 0 atom stereocenters. The molecule has 0 amide bonds. The molecule has 1 heterocycles. The summed E-state index contributed by atoms with van der Waals surface area (Å²) >= 11 is 0. The minimum Gasteiger partial charge on any atom is -0.356 e. The molecule has 0 aliphatic rings. The molecule has 2 rings (SSSR count). The first-order chi connectivity index (χ1) is 8.41. The lowest BCUT2D eigenvalue weighted by atomic mass is 9.91. The maximum atomic E-state index is 11.7. The summed E-state index contributed by atoms with van der Waals surface area (Å²) in [6, 6.07) is 3.85. The lowest BCUT2D eigenvalue weighted by Crippen LogP contribution is -2.02. The number of carbonyl (C=O) groups is 1. The summed E-state index contributed by atoms with van der Waals surface area (Å²) in [4.78, 5) is 11.7. The van der Waals surface area contributed by atoms with E-state index in [2.05, 4.69) is 5.16 Å². The van der Waals surface area contributed by atoms with Crippen molar-refractivity contribution in [2.75, 3.05) is 0 Å². The second kappa shape index (κ2) is 4.41. The standard InChI is InChI=1S/C15H17NO2/c1-8-6-13(12(5)17)11(4)15(10(8)3)14-7-9(2)16-18-14/h6-7H,1-5H3. The Kier molecular flexibility index (Phi) is 3.07. The van der Waals surface area contributed by atoms with Crippen LogP contribution in [0.4, 0.5) is 0 Å². The number of ketones is 1. The first-order valence-electron chi connectivity index (χ1n) is 5.97. The van der Waals surface area contributed by atoms with Gasteiger partial charge in [-0.2, -0.15) is 0 Å². The van der Waals surface area contributed by atoms with E-state index in [1.54, 1.807) is 6.92 Å². The summed E-state index contributed by atoms with van der Waals surface area (Å²) in [6.45, 7) is 9.48. The molecule has 94 valence electrons. The van der Waals surface area contributed by atoms with Crippen LogP contribution in [0.3, 0.4) is 0 Å². The van der Waals surface area contributed by atoms with Gasteiger partial charge in [0, 0.05) is 17.2 Å². The van der Waals surface area contributed by atoms with Gasteiger partial charge in [-0.1, -0.05) is 5.16 Å². The fourth-order valence-corrected chi connectivity index (χ4v) is 2.26. The summed E-state index contributed by atoms with van der Waals surface area (Å²) in [6.07, 6.45) is 0. The number of nitrogens with zero attached hydrogens (tertiary/aromatic N) is 1. The molecule has 3 heteroatoms. The molecule has 1 aromatic heterocycles. The molecule has 0 unspecified atom stereocenters. The SMILES string of the molecule is CC(=O)c1cc(C)c(C)c(-c2cc(C)no2)c1C. The van der Waals surface area contributed by atoms with Crippen LogP contribution in [-0.2, 0) is 0 Å². The van der Waals surface area contributed by atoms with E-state index < -0.39 is 0 Å². The molecular formula is C15H17NO2. The number of hydrogen-bond donors (Lipinski definition) is 0. The second-order valence-electron chi connectivity index (χ2n) is 4.75. The van der Waals surface area contributed by atoms with Crippen molar-refractivity contribution < 1.29 is 9.32 Å². The van der Waals surface area contributed by atoms with Gasteiger partial charge < -0.3 is 4.52 Å². The van der Waals surface area contributed by atoms with E-state index in [-0.39, 0.29) is 5.78 Å². The average Bonchev–Trinajstić information content (AvgIpc) is 2.70. The molecule has 0 fully saturated rings. The zero-order valence-electron chi connectivity index (χ0n) is 11.4. The summed E-state index contributed by atoms with van der Waals surface area (Å²) in [5, 5.41) is 3.92. The van der Waals surface area contributed by atoms with E-state index in [1.807, 2.05) is 39.8 Å². The maximum Gasteiger partial charge on any atom is 0.167 e. The molecule has 2 aromatic rings. The van der Waals surface area contributed by atoms with Gasteiger partial charge in [0.05, 0.1) is 5.69 Å². The van der Waals surface area contributed by atoms with Gasteiger partial charge in [-0.15, -0.1) is 0 Å². The van der Waals surface area contributed by atoms with Gasteiger partial charge in [-0.05, 0) is 57.4 Å². The normalized spacial score (nSPS) is 10.7. The lowest BCUT2D eigenvalue weighted by Gasteiger charge is -2.13. The molecule has 0 aliphatic carbocycles. The number of hydrogen-bond acceptors (Lipinski definition) is 3.